The molecule has 0 fully saturated rings. The van der Waals surface area contributed by atoms with Crippen molar-refractivity contribution < 1.29 is 4.92 Å². The number of para-hydroxylation sites is 1. The van der Waals surface area contributed by atoms with Crippen molar-refractivity contribution in [2.45, 2.75) is 25.1 Å². The Morgan fingerprint density at radius 2 is 2.18 bits per heavy atom. The van der Waals surface area contributed by atoms with Gasteiger partial charge >= 0.3 is 0 Å². The van der Waals surface area contributed by atoms with Crippen LogP contribution in [0.15, 0.2) is 24.3 Å². The highest BCUT2D eigenvalue weighted by atomic mass is 32.2. The van der Waals surface area contributed by atoms with Crippen LogP contribution in [0.3, 0.4) is 0 Å². The highest BCUT2D eigenvalue weighted by Crippen LogP contribution is 2.17. The van der Waals surface area contributed by atoms with Crippen LogP contribution in [0.5, 0.6) is 0 Å². The molecular formula is C12H18N2O2S. The number of hydrogen-bond acceptors (Lipinski definition) is 4. The van der Waals surface area contributed by atoms with E-state index in [1.165, 1.54) is 0 Å². The van der Waals surface area contributed by atoms with Gasteiger partial charge < -0.3 is 5.32 Å². The van der Waals surface area contributed by atoms with Crippen LogP contribution in [0.2, 0.25) is 0 Å². The fourth-order valence-corrected chi connectivity index (χ4v) is 1.84. The van der Waals surface area contributed by atoms with Crippen molar-refractivity contribution in [3.8, 4) is 0 Å². The molecule has 0 aliphatic rings. The van der Waals surface area contributed by atoms with Crippen molar-refractivity contribution in [1.29, 1.82) is 0 Å². The third-order valence-electron chi connectivity index (χ3n) is 2.63. The largest absolute Gasteiger partial charge is 0.312 e. The molecule has 1 atom stereocenters. The van der Waals surface area contributed by atoms with E-state index in [0.717, 1.165) is 18.5 Å². The predicted octanol–water partition coefficient (Wildman–Crippen LogP) is 2.83. The van der Waals surface area contributed by atoms with Crippen molar-refractivity contribution in [3.63, 3.8) is 0 Å². The summed E-state index contributed by atoms with van der Waals surface area (Å²) >= 11 is 1.83. The molecule has 17 heavy (non-hydrogen) atoms. The molecule has 0 aromatic heterocycles. The smallest absolute Gasteiger partial charge is 0.273 e. The van der Waals surface area contributed by atoms with E-state index in [4.69, 9.17) is 0 Å². The summed E-state index contributed by atoms with van der Waals surface area (Å²) in [4.78, 5) is 10.5. The molecule has 0 aliphatic heterocycles. The lowest BCUT2D eigenvalue weighted by Gasteiger charge is -2.09. The van der Waals surface area contributed by atoms with Gasteiger partial charge in [-0.3, -0.25) is 10.1 Å². The van der Waals surface area contributed by atoms with Gasteiger partial charge in [-0.2, -0.15) is 11.8 Å². The lowest BCUT2D eigenvalue weighted by Crippen LogP contribution is -2.18. The number of nitro benzene ring substituents is 1. The molecule has 5 heteroatoms. The molecule has 0 aliphatic carbocycles. The molecule has 0 bridgehead atoms. The van der Waals surface area contributed by atoms with Gasteiger partial charge in [0, 0.05) is 23.4 Å². The number of nitro groups is 1. The van der Waals surface area contributed by atoms with Gasteiger partial charge in [-0.1, -0.05) is 25.1 Å². The van der Waals surface area contributed by atoms with Gasteiger partial charge in [-0.05, 0) is 19.2 Å². The standard InChI is InChI=1S/C12H18N2O2S/c1-10(17-2)7-8-13-9-11-5-3-4-6-12(11)14(15)16/h3-6,10,13H,7-9H2,1-2H3. The zero-order valence-electron chi connectivity index (χ0n) is 10.2. The lowest BCUT2D eigenvalue weighted by atomic mass is 10.2. The van der Waals surface area contributed by atoms with Crippen LogP contribution >= 0.6 is 11.8 Å². The quantitative estimate of drug-likeness (QED) is 0.462. The van der Waals surface area contributed by atoms with Crippen LogP contribution in [-0.4, -0.2) is 23.0 Å². The number of nitrogens with zero attached hydrogens (tertiary/aromatic N) is 1. The molecule has 94 valence electrons. The third kappa shape index (κ3) is 4.75. The third-order valence-corrected chi connectivity index (χ3v) is 3.67. The van der Waals surface area contributed by atoms with Gasteiger partial charge in [0.15, 0.2) is 0 Å². The fourth-order valence-electron chi connectivity index (χ4n) is 1.48. The van der Waals surface area contributed by atoms with Crippen LogP contribution in [0.1, 0.15) is 18.9 Å². The van der Waals surface area contributed by atoms with E-state index in [1.54, 1.807) is 18.2 Å². The van der Waals surface area contributed by atoms with Gasteiger partial charge in [0.2, 0.25) is 0 Å². The normalized spacial score (nSPS) is 12.4. The summed E-state index contributed by atoms with van der Waals surface area (Å²) in [7, 11) is 0. The summed E-state index contributed by atoms with van der Waals surface area (Å²) in [5.74, 6) is 0. The van der Waals surface area contributed by atoms with Crippen molar-refractivity contribution in [2.24, 2.45) is 0 Å². The molecule has 1 aromatic rings. The maximum Gasteiger partial charge on any atom is 0.273 e. The monoisotopic (exact) mass is 254 g/mol. The number of benzene rings is 1. The maximum absolute atomic E-state index is 10.8. The lowest BCUT2D eigenvalue weighted by molar-refractivity contribution is -0.385. The SMILES string of the molecule is CSC(C)CCNCc1ccccc1[N+](=O)[O-]. The van der Waals surface area contributed by atoms with Crippen LogP contribution in [-0.2, 0) is 6.54 Å². The number of hydrogen-bond donors (Lipinski definition) is 1. The van der Waals surface area contributed by atoms with Crippen LogP contribution in [0, 0.1) is 10.1 Å². The predicted molar refractivity (Wildman–Crippen MR) is 72.4 cm³/mol. The van der Waals surface area contributed by atoms with Crippen LogP contribution < -0.4 is 5.32 Å². The zero-order chi connectivity index (χ0) is 12.7. The minimum atomic E-state index is -0.332. The molecule has 0 spiro atoms. The Kier molecular flexibility index (Phi) is 6.00. The summed E-state index contributed by atoms with van der Waals surface area (Å²) in [6.07, 6.45) is 3.16. The Balaban J connectivity index is 2.44. The molecule has 0 heterocycles. The first-order valence-electron chi connectivity index (χ1n) is 5.61. The first kappa shape index (κ1) is 14.0. The number of nitrogens with one attached hydrogen (secondary N) is 1. The Bertz CT molecular complexity index is 371. The highest BCUT2D eigenvalue weighted by Gasteiger charge is 2.11. The summed E-state index contributed by atoms with van der Waals surface area (Å²) in [6, 6.07) is 6.86. The molecule has 0 amide bonds. The minimum Gasteiger partial charge on any atom is -0.312 e. The van der Waals surface area contributed by atoms with E-state index in [1.807, 2.05) is 17.8 Å². The van der Waals surface area contributed by atoms with E-state index in [0.29, 0.717) is 11.8 Å². The summed E-state index contributed by atoms with van der Waals surface area (Å²) in [5, 5.41) is 14.6. The van der Waals surface area contributed by atoms with Crippen molar-refractivity contribution >= 4 is 17.4 Å². The average Bonchev–Trinajstić information content (AvgIpc) is 2.34. The van der Waals surface area contributed by atoms with Crippen molar-refractivity contribution in [1.82, 2.24) is 5.32 Å². The van der Waals surface area contributed by atoms with E-state index in [9.17, 15) is 10.1 Å². The summed E-state index contributed by atoms with van der Waals surface area (Å²) < 4.78 is 0. The molecule has 0 radical (unpaired) electrons. The van der Waals surface area contributed by atoms with Crippen LogP contribution in [0.4, 0.5) is 5.69 Å². The van der Waals surface area contributed by atoms with Crippen LogP contribution in [0.25, 0.3) is 0 Å². The van der Waals surface area contributed by atoms with E-state index < -0.39 is 0 Å². The molecule has 1 N–H and O–H groups in total. The van der Waals surface area contributed by atoms with E-state index >= 15 is 0 Å². The first-order valence-corrected chi connectivity index (χ1v) is 6.89. The minimum absolute atomic E-state index is 0.193. The average molecular weight is 254 g/mol. The molecule has 1 unspecified atom stereocenters. The Morgan fingerprint density at radius 1 is 1.47 bits per heavy atom. The van der Waals surface area contributed by atoms with Gasteiger partial charge in [-0.25, -0.2) is 0 Å². The molecule has 4 nitrogen and oxygen atoms in total. The maximum atomic E-state index is 10.8. The first-order chi connectivity index (χ1) is 8.15. The molecule has 0 saturated carbocycles. The second-order valence-corrected chi connectivity index (χ2v) is 5.17. The Morgan fingerprint density at radius 3 is 2.82 bits per heavy atom. The van der Waals surface area contributed by atoms with Gasteiger partial charge in [0.25, 0.3) is 5.69 Å². The Labute approximate surface area is 106 Å². The molecule has 1 rings (SSSR count). The van der Waals surface area contributed by atoms with Gasteiger partial charge in [0.1, 0.15) is 0 Å². The van der Waals surface area contributed by atoms with Crippen molar-refractivity contribution in [3.05, 3.63) is 39.9 Å². The summed E-state index contributed by atoms with van der Waals surface area (Å²) in [6.45, 7) is 3.61. The van der Waals surface area contributed by atoms with Crippen molar-refractivity contribution in [2.75, 3.05) is 12.8 Å². The number of thioether (sulfide) groups is 1. The number of rotatable bonds is 7. The topological polar surface area (TPSA) is 55.2 Å². The van der Waals surface area contributed by atoms with Gasteiger partial charge in [-0.15, -0.1) is 0 Å². The van der Waals surface area contributed by atoms with E-state index in [2.05, 4.69) is 18.5 Å². The summed E-state index contributed by atoms with van der Waals surface area (Å²) in [5.41, 5.74) is 0.937. The molecular weight excluding hydrogens is 236 g/mol. The van der Waals surface area contributed by atoms with Gasteiger partial charge in [0.05, 0.1) is 4.92 Å². The van der Waals surface area contributed by atoms with E-state index in [-0.39, 0.29) is 10.6 Å². The molecule has 1 aromatic carbocycles. The fraction of sp³-hybridized carbons (Fsp3) is 0.500. The Hall–Kier alpha value is -1.07. The zero-order valence-corrected chi connectivity index (χ0v) is 11.0. The molecule has 0 saturated heterocycles. The second-order valence-electron chi connectivity index (χ2n) is 3.90. The second kappa shape index (κ2) is 7.29. The highest BCUT2D eigenvalue weighted by molar-refractivity contribution is 7.99.